The van der Waals surface area contributed by atoms with Gasteiger partial charge in [-0.3, -0.25) is 4.79 Å². The molecule has 0 saturated heterocycles. The number of fused-ring (bicyclic) bond motifs is 1. The molecule has 3 rings (SSSR count). The summed E-state index contributed by atoms with van der Waals surface area (Å²) in [6.45, 7) is 0. The van der Waals surface area contributed by atoms with E-state index in [1.54, 1.807) is 0 Å². The molecule has 0 N–H and O–H groups in total. The Balaban J connectivity index is 1.63. The minimum atomic E-state index is -0.200. The Labute approximate surface area is 136 Å². The summed E-state index contributed by atoms with van der Waals surface area (Å²) >= 11 is 0. The third-order valence-electron chi connectivity index (χ3n) is 4.12. The van der Waals surface area contributed by atoms with Crippen molar-refractivity contribution in [2.45, 2.75) is 19.3 Å². The normalized spacial score (nSPS) is 10.7. The Kier molecular flexibility index (Phi) is 4.72. The van der Waals surface area contributed by atoms with Crippen LogP contribution in [0.4, 0.5) is 0 Å². The largest absolute Gasteiger partial charge is 0.469 e. The Morgan fingerprint density at radius 3 is 2.13 bits per heavy atom. The average Bonchev–Trinajstić information content (AvgIpc) is 2.61. The highest BCUT2D eigenvalue weighted by atomic mass is 16.5. The van der Waals surface area contributed by atoms with Crippen molar-refractivity contribution < 1.29 is 9.53 Å². The predicted molar refractivity (Wildman–Crippen MR) is 93.5 cm³/mol. The molecule has 0 aromatic heterocycles. The lowest BCUT2D eigenvalue weighted by molar-refractivity contribution is -0.139. The SMILES string of the molecule is COC(=O)Cc1ccc(CCc2ccc3ccccc3c2)cc1. The molecule has 0 bridgehead atoms. The van der Waals surface area contributed by atoms with Crippen LogP contribution in [0, 0.1) is 0 Å². The van der Waals surface area contributed by atoms with E-state index in [2.05, 4.69) is 59.3 Å². The number of methoxy groups -OCH3 is 1. The van der Waals surface area contributed by atoms with Crippen LogP contribution in [-0.4, -0.2) is 13.1 Å². The number of esters is 1. The van der Waals surface area contributed by atoms with Gasteiger partial charge >= 0.3 is 5.97 Å². The second-order valence-electron chi connectivity index (χ2n) is 5.75. The molecule has 3 aromatic carbocycles. The second kappa shape index (κ2) is 7.10. The molecule has 3 aromatic rings. The third-order valence-corrected chi connectivity index (χ3v) is 4.12. The standard InChI is InChI=1S/C21H20O2/c1-23-21(22)15-18-10-7-16(8-11-18)6-9-17-12-13-19-4-2-3-5-20(19)14-17/h2-5,7-8,10-14H,6,9,15H2,1H3. The first kappa shape index (κ1) is 15.3. The lowest BCUT2D eigenvalue weighted by atomic mass is 10.00. The molecule has 0 aliphatic carbocycles. The van der Waals surface area contributed by atoms with E-state index in [4.69, 9.17) is 0 Å². The highest BCUT2D eigenvalue weighted by Gasteiger charge is 2.03. The van der Waals surface area contributed by atoms with Crippen LogP contribution < -0.4 is 0 Å². The van der Waals surface area contributed by atoms with Crippen molar-refractivity contribution in [1.29, 1.82) is 0 Å². The molecule has 0 aliphatic heterocycles. The first-order chi connectivity index (χ1) is 11.2. The van der Waals surface area contributed by atoms with E-state index >= 15 is 0 Å². The van der Waals surface area contributed by atoms with Crippen molar-refractivity contribution in [2.24, 2.45) is 0 Å². The van der Waals surface area contributed by atoms with Crippen LogP contribution in [0.3, 0.4) is 0 Å². The molecule has 0 aliphatic rings. The molecule has 0 heterocycles. The maximum absolute atomic E-state index is 11.3. The van der Waals surface area contributed by atoms with Gasteiger partial charge in [0.15, 0.2) is 0 Å². The second-order valence-corrected chi connectivity index (χ2v) is 5.75. The third kappa shape index (κ3) is 3.98. The van der Waals surface area contributed by atoms with Gasteiger partial charge in [-0.15, -0.1) is 0 Å². The molecule has 0 unspecified atom stereocenters. The summed E-state index contributed by atoms with van der Waals surface area (Å²) in [7, 11) is 1.42. The molecule has 0 spiro atoms. The number of rotatable bonds is 5. The van der Waals surface area contributed by atoms with Gasteiger partial charge in [-0.05, 0) is 40.3 Å². The van der Waals surface area contributed by atoms with Crippen LogP contribution >= 0.6 is 0 Å². The molecule has 0 radical (unpaired) electrons. The van der Waals surface area contributed by atoms with Crippen LogP contribution in [0.5, 0.6) is 0 Å². The van der Waals surface area contributed by atoms with Crippen molar-refractivity contribution in [3.8, 4) is 0 Å². The minimum Gasteiger partial charge on any atom is -0.469 e. The highest BCUT2D eigenvalue weighted by molar-refractivity contribution is 5.83. The van der Waals surface area contributed by atoms with E-state index in [0.29, 0.717) is 6.42 Å². The van der Waals surface area contributed by atoms with Crippen LogP contribution in [0.1, 0.15) is 16.7 Å². The average molecular weight is 304 g/mol. The van der Waals surface area contributed by atoms with Gasteiger partial charge in [-0.1, -0.05) is 66.7 Å². The molecule has 0 saturated carbocycles. The highest BCUT2D eigenvalue weighted by Crippen LogP contribution is 2.17. The number of ether oxygens (including phenoxy) is 1. The van der Waals surface area contributed by atoms with Gasteiger partial charge in [0.25, 0.3) is 0 Å². The van der Waals surface area contributed by atoms with E-state index in [1.165, 1.54) is 29.0 Å². The van der Waals surface area contributed by atoms with Crippen molar-refractivity contribution in [2.75, 3.05) is 7.11 Å². The van der Waals surface area contributed by atoms with Gasteiger partial charge < -0.3 is 4.74 Å². The van der Waals surface area contributed by atoms with Crippen LogP contribution in [-0.2, 0) is 28.8 Å². The zero-order chi connectivity index (χ0) is 16.1. The van der Waals surface area contributed by atoms with Gasteiger partial charge in [-0.2, -0.15) is 0 Å². The van der Waals surface area contributed by atoms with E-state index in [0.717, 1.165) is 18.4 Å². The molecule has 2 nitrogen and oxygen atoms in total. The quantitative estimate of drug-likeness (QED) is 0.655. The topological polar surface area (TPSA) is 26.3 Å². The van der Waals surface area contributed by atoms with E-state index < -0.39 is 0 Å². The molecule has 2 heteroatoms. The van der Waals surface area contributed by atoms with Crippen LogP contribution in [0.25, 0.3) is 10.8 Å². The number of benzene rings is 3. The summed E-state index contributed by atoms with van der Waals surface area (Å²) in [4.78, 5) is 11.3. The fourth-order valence-electron chi connectivity index (χ4n) is 2.75. The molecule has 23 heavy (non-hydrogen) atoms. The van der Waals surface area contributed by atoms with Crippen LogP contribution in [0.2, 0.25) is 0 Å². The number of carbonyl (C=O) groups excluding carboxylic acids is 1. The summed E-state index contributed by atoms with van der Waals surface area (Å²) in [6.07, 6.45) is 2.35. The van der Waals surface area contributed by atoms with E-state index in [-0.39, 0.29) is 5.97 Å². The molecular formula is C21H20O2. The van der Waals surface area contributed by atoms with Gasteiger partial charge in [0.05, 0.1) is 13.5 Å². The van der Waals surface area contributed by atoms with E-state index in [9.17, 15) is 4.79 Å². The molecule has 0 amide bonds. The Hall–Kier alpha value is -2.61. The first-order valence-corrected chi connectivity index (χ1v) is 7.87. The van der Waals surface area contributed by atoms with Crippen molar-refractivity contribution in [3.63, 3.8) is 0 Å². The maximum atomic E-state index is 11.3. The number of aryl methyl sites for hydroxylation is 2. The fraction of sp³-hybridized carbons (Fsp3) is 0.190. The maximum Gasteiger partial charge on any atom is 0.309 e. The summed E-state index contributed by atoms with van der Waals surface area (Å²) in [5, 5.41) is 2.57. The summed E-state index contributed by atoms with van der Waals surface area (Å²) < 4.78 is 4.69. The zero-order valence-corrected chi connectivity index (χ0v) is 13.3. The smallest absolute Gasteiger partial charge is 0.309 e. The molecule has 116 valence electrons. The van der Waals surface area contributed by atoms with Gasteiger partial charge in [0, 0.05) is 0 Å². The molecule has 0 atom stereocenters. The fourth-order valence-corrected chi connectivity index (χ4v) is 2.75. The van der Waals surface area contributed by atoms with Gasteiger partial charge in [0.1, 0.15) is 0 Å². The lowest BCUT2D eigenvalue weighted by Crippen LogP contribution is -2.04. The Morgan fingerprint density at radius 1 is 0.783 bits per heavy atom. The van der Waals surface area contributed by atoms with Gasteiger partial charge in [0.2, 0.25) is 0 Å². The number of carbonyl (C=O) groups is 1. The summed E-state index contributed by atoms with van der Waals surface area (Å²) in [6, 6.07) is 23.3. The zero-order valence-electron chi connectivity index (χ0n) is 13.3. The molecular weight excluding hydrogens is 284 g/mol. The Morgan fingerprint density at radius 2 is 1.39 bits per heavy atom. The van der Waals surface area contributed by atoms with Crippen LogP contribution in [0.15, 0.2) is 66.7 Å². The summed E-state index contributed by atoms with van der Waals surface area (Å²) in [5.41, 5.74) is 3.63. The van der Waals surface area contributed by atoms with Crippen molar-refractivity contribution in [3.05, 3.63) is 83.4 Å². The van der Waals surface area contributed by atoms with Crippen molar-refractivity contribution in [1.82, 2.24) is 0 Å². The first-order valence-electron chi connectivity index (χ1n) is 7.87. The summed E-state index contributed by atoms with van der Waals surface area (Å²) in [5.74, 6) is -0.200. The lowest BCUT2D eigenvalue weighted by Gasteiger charge is -2.06. The van der Waals surface area contributed by atoms with E-state index in [1.807, 2.05) is 12.1 Å². The predicted octanol–water partition coefficient (Wildman–Crippen LogP) is 4.34. The Bertz CT molecular complexity index is 803. The number of hydrogen-bond acceptors (Lipinski definition) is 2. The monoisotopic (exact) mass is 304 g/mol. The molecule has 0 fully saturated rings. The van der Waals surface area contributed by atoms with Gasteiger partial charge in [-0.25, -0.2) is 0 Å². The van der Waals surface area contributed by atoms with Crippen molar-refractivity contribution >= 4 is 16.7 Å². The number of hydrogen-bond donors (Lipinski definition) is 0. The minimum absolute atomic E-state index is 0.200.